The molecule has 0 aliphatic rings. The van der Waals surface area contributed by atoms with Gasteiger partial charge in [-0.05, 0) is 11.1 Å². The van der Waals surface area contributed by atoms with Crippen molar-refractivity contribution in [3.8, 4) is 0 Å². The number of nitrogens with zero attached hydrogens (tertiary/aromatic N) is 2. The third-order valence-corrected chi connectivity index (χ3v) is 3.78. The van der Waals surface area contributed by atoms with Crippen molar-refractivity contribution in [2.45, 2.75) is 6.04 Å². The van der Waals surface area contributed by atoms with E-state index in [0.29, 0.717) is 0 Å². The van der Waals surface area contributed by atoms with Gasteiger partial charge in [0.15, 0.2) is 5.82 Å². The van der Waals surface area contributed by atoms with E-state index < -0.39 is 17.5 Å². The van der Waals surface area contributed by atoms with E-state index in [0.717, 1.165) is 23.5 Å². The first-order valence-electron chi connectivity index (χ1n) is 7.86. The van der Waals surface area contributed by atoms with Crippen LogP contribution in [0.3, 0.4) is 0 Å². The quantitative estimate of drug-likeness (QED) is 0.373. The van der Waals surface area contributed by atoms with E-state index in [1.165, 1.54) is 0 Å². The number of carbonyl (C=O) groups excluding carboxylic acids is 1. The lowest BCUT2D eigenvalue weighted by molar-refractivity contribution is 0.0941. The molecule has 1 heterocycles. The normalized spacial score (nSPS) is 11.0. The molecule has 7 heteroatoms. The number of benzene rings is 2. The Morgan fingerprint density at radius 1 is 1.08 bits per heavy atom. The highest BCUT2D eigenvalue weighted by molar-refractivity contribution is 5.94. The Bertz CT molecular complexity index is 929. The van der Waals surface area contributed by atoms with Gasteiger partial charge in [-0.2, -0.15) is 0 Å². The van der Waals surface area contributed by atoms with Crippen LogP contribution in [0.25, 0.3) is 0 Å². The summed E-state index contributed by atoms with van der Waals surface area (Å²) in [6.45, 7) is 0. The van der Waals surface area contributed by atoms with Gasteiger partial charge >= 0.3 is 0 Å². The van der Waals surface area contributed by atoms with E-state index in [1.54, 1.807) is 0 Å². The average molecular weight is 348 g/mol. The van der Waals surface area contributed by atoms with Crippen molar-refractivity contribution < 1.29 is 10.0 Å². The van der Waals surface area contributed by atoms with Gasteiger partial charge in [-0.25, -0.2) is 4.98 Å². The molecule has 0 atom stereocenters. The topological polar surface area (TPSA) is 107 Å². The van der Waals surface area contributed by atoms with Gasteiger partial charge in [0.1, 0.15) is 11.8 Å². The second-order valence-corrected chi connectivity index (χ2v) is 5.48. The van der Waals surface area contributed by atoms with E-state index in [2.05, 4.69) is 20.4 Å². The maximum atomic E-state index is 12.6. The maximum absolute atomic E-state index is 12.6. The number of hydrogen-bond donors (Lipinski definition) is 3. The first-order chi connectivity index (χ1) is 12.7. The molecule has 26 heavy (non-hydrogen) atoms. The zero-order chi connectivity index (χ0) is 18.4. The van der Waals surface area contributed by atoms with Crippen LogP contribution in [0, 0.1) is 0 Å². The van der Waals surface area contributed by atoms with E-state index >= 15 is 0 Å². The Kier molecular flexibility index (Phi) is 5.19. The Morgan fingerprint density at radius 2 is 1.65 bits per heavy atom. The first kappa shape index (κ1) is 17.1. The number of aromatic amines is 1. The zero-order valence-electron chi connectivity index (χ0n) is 13.7. The summed E-state index contributed by atoms with van der Waals surface area (Å²) in [5, 5.41) is 14.2. The number of carbonyl (C=O) groups is 1. The summed E-state index contributed by atoms with van der Waals surface area (Å²) in [5.41, 5.74) is 1.03. The molecule has 0 bridgehead atoms. The molecule has 0 saturated heterocycles. The van der Waals surface area contributed by atoms with Crippen LogP contribution in [0.4, 0.5) is 0 Å². The highest BCUT2D eigenvalue weighted by Gasteiger charge is 2.19. The van der Waals surface area contributed by atoms with E-state index in [1.807, 2.05) is 60.7 Å². The monoisotopic (exact) mass is 348 g/mol. The number of oxime groups is 1. The molecule has 0 radical (unpaired) electrons. The molecule has 3 rings (SSSR count). The van der Waals surface area contributed by atoms with Crippen LogP contribution in [0.2, 0.25) is 0 Å². The minimum Gasteiger partial charge on any atom is -0.411 e. The molecule has 7 nitrogen and oxygen atoms in total. The van der Waals surface area contributed by atoms with Gasteiger partial charge in [0.05, 0.1) is 6.04 Å². The van der Waals surface area contributed by atoms with Gasteiger partial charge in [0, 0.05) is 6.20 Å². The summed E-state index contributed by atoms with van der Waals surface area (Å²) in [4.78, 5) is 31.0. The Hall–Kier alpha value is -3.74. The fourth-order valence-corrected chi connectivity index (χ4v) is 2.55. The Labute approximate surface area is 149 Å². The number of amides is 1. The Morgan fingerprint density at radius 3 is 2.15 bits per heavy atom. The van der Waals surface area contributed by atoms with Gasteiger partial charge in [0.25, 0.3) is 11.5 Å². The largest absolute Gasteiger partial charge is 0.411 e. The molecule has 0 spiro atoms. The van der Waals surface area contributed by atoms with E-state index in [-0.39, 0.29) is 11.4 Å². The molecule has 2 aromatic carbocycles. The third kappa shape index (κ3) is 3.84. The van der Waals surface area contributed by atoms with Crippen molar-refractivity contribution in [1.82, 2.24) is 15.3 Å². The summed E-state index contributed by atoms with van der Waals surface area (Å²) in [7, 11) is 0. The van der Waals surface area contributed by atoms with Crippen LogP contribution >= 0.6 is 0 Å². The molecule has 0 saturated carbocycles. The average Bonchev–Trinajstić information content (AvgIpc) is 2.68. The minimum absolute atomic E-state index is 0.0525. The summed E-state index contributed by atoms with van der Waals surface area (Å²) in [6, 6.07) is 18.5. The summed E-state index contributed by atoms with van der Waals surface area (Å²) >= 11 is 0. The van der Waals surface area contributed by atoms with Gasteiger partial charge in [0.2, 0.25) is 0 Å². The molecule has 1 aromatic heterocycles. The SMILES string of the molecule is O=C(NC(c1ccccc1)c1ccccc1)c1cnc(/C=N/O)[nH]c1=O. The highest BCUT2D eigenvalue weighted by Crippen LogP contribution is 2.21. The van der Waals surface area contributed by atoms with Crippen molar-refractivity contribution in [3.63, 3.8) is 0 Å². The minimum atomic E-state index is -0.618. The maximum Gasteiger partial charge on any atom is 0.264 e. The van der Waals surface area contributed by atoms with Gasteiger partial charge in [-0.15, -0.1) is 0 Å². The molecule has 130 valence electrons. The van der Waals surface area contributed by atoms with Crippen LogP contribution < -0.4 is 10.9 Å². The second kappa shape index (κ2) is 7.89. The van der Waals surface area contributed by atoms with Crippen molar-refractivity contribution in [3.05, 3.63) is 99.7 Å². The lowest BCUT2D eigenvalue weighted by Gasteiger charge is -2.19. The van der Waals surface area contributed by atoms with Gasteiger partial charge < -0.3 is 15.5 Å². The molecular weight excluding hydrogens is 332 g/mol. The number of hydrogen-bond acceptors (Lipinski definition) is 5. The van der Waals surface area contributed by atoms with Crippen LogP contribution in [0.15, 0.2) is 76.8 Å². The van der Waals surface area contributed by atoms with Crippen LogP contribution in [-0.2, 0) is 0 Å². The molecule has 0 unspecified atom stereocenters. The molecule has 0 aliphatic carbocycles. The molecule has 0 aliphatic heterocycles. The van der Waals surface area contributed by atoms with Crippen LogP contribution in [0.1, 0.15) is 33.4 Å². The third-order valence-electron chi connectivity index (χ3n) is 3.78. The van der Waals surface area contributed by atoms with Crippen LogP contribution in [0.5, 0.6) is 0 Å². The summed E-state index contributed by atoms with van der Waals surface area (Å²) in [6.07, 6.45) is 2.12. The number of nitrogens with one attached hydrogen (secondary N) is 2. The zero-order valence-corrected chi connectivity index (χ0v) is 13.7. The molecule has 3 aromatic rings. The fraction of sp³-hybridized carbons (Fsp3) is 0.0526. The predicted octanol–water partition coefficient (Wildman–Crippen LogP) is 2.10. The molecule has 0 fully saturated rings. The molecular formula is C19H16N4O3. The molecule has 1 amide bonds. The number of rotatable bonds is 5. The smallest absolute Gasteiger partial charge is 0.264 e. The summed E-state index contributed by atoms with van der Waals surface area (Å²) < 4.78 is 0. The summed E-state index contributed by atoms with van der Waals surface area (Å²) in [5.74, 6) is -0.499. The Balaban J connectivity index is 1.92. The molecule has 3 N–H and O–H groups in total. The number of H-pyrrole nitrogens is 1. The highest BCUT2D eigenvalue weighted by atomic mass is 16.4. The van der Waals surface area contributed by atoms with Gasteiger partial charge in [-0.3, -0.25) is 9.59 Å². The lowest BCUT2D eigenvalue weighted by atomic mass is 9.98. The van der Waals surface area contributed by atoms with Crippen molar-refractivity contribution in [2.75, 3.05) is 0 Å². The van der Waals surface area contributed by atoms with E-state index in [4.69, 9.17) is 5.21 Å². The van der Waals surface area contributed by atoms with Gasteiger partial charge in [-0.1, -0.05) is 65.8 Å². The number of aromatic nitrogens is 2. The lowest BCUT2D eigenvalue weighted by Crippen LogP contribution is -2.34. The fourth-order valence-electron chi connectivity index (χ4n) is 2.55. The standard InChI is InChI=1S/C19H16N4O3/c24-18-15(11-20-16(22-18)12-21-26)19(25)23-17(13-7-3-1-4-8-13)14-9-5-2-6-10-14/h1-12,17,26H,(H,23,25)(H,20,22,24)/b21-12+. The first-order valence-corrected chi connectivity index (χ1v) is 7.86. The predicted molar refractivity (Wildman–Crippen MR) is 96.4 cm³/mol. The van der Waals surface area contributed by atoms with Crippen LogP contribution in [-0.4, -0.2) is 27.3 Å². The van der Waals surface area contributed by atoms with Crippen molar-refractivity contribution in [1.29, 1.82) is 0 Å². The van der Waals surface area contributed by atoms with Crippen molar-refractivity contribution in [2.24, 2.45) is 5.16 Å². The second-order valence-electron chi connectivity index (χ2n) is 5.48. The van der Waals surface area contributed by atoms with E-state index in [9.17, 15) is 9.59 Å². The van der Waals surface area contributed by atoms with Crippen molar-refractivity contribution >= 4 is 12.1 Å².